The van der Waals surface area contributed by atoms with Crippen LogP contribution in [-0.2, 0) is 20.0 Å². The summed E-state index contributed by atoms with van der Waals surface area (Å²) in [6.45, 7) is 1.68. The highest BCUT2D eigenvalue weighted by Gasteiger charge is 2.30. The molecule has 0 bridgehead atoms. The zero-order valence-electron chi connectivity index (χ0n) is 10.5. The van der Waals surface area contributed by atoms with E-state index in [-0.39, 0.29) is 6.54 Å². The Hall–Kier alpha value is -0.560. The average Bonchev–Trinajstić information content (AvgIpc) is 2.58. The largest absolute Gasteiger partial charge is 0.401 e. The summed E-state index contributed by atoms with van der Waals surface area (Å²) < 4.78 is 38.9. The summed E-state index contributed by atoms with van der Waals surface area (Å²) in [5.41, 5.74) is 1.70. The first kappa shape index (κ1) is 15.5. The minimum absolute atomic E-state index is 0.259. The molecule has 1 rings (SSSR count). The first-order chi connectivity index (χ1) is 8.35. The molecule has 0 aromatic carbocycles. The lowest BCUT2D eigenvalue weighted by Crippen LogP contribution is -2.35. The first-order valence-electron chi connectivity index (χ1n) is 5.72. The van der Waals surface area contributed by atoms with Crippen molar-refractivity contribution in [2.24, 2.45) is 7.05 Å². The molecule has 104 valence electrons. The van der Waals surface area contributed by atoms with Gasteiger partial charge in [0.25, 0.3) is 0 Å². The fourth-order valence-corrected chi connectivity index (χ4v) is 2.21. The summed E-state index contributed by atoms with van der Waals surface area (Å²) in [5, 5.41) is 4.75. The number of halogens is 4. The Morgan fingerprint density at radius 3 is 2.56 bits per heavy atom. The smallest absolute Gasteiger partial charge is 0.288 e. The zero-order chi connectivity index (χ0) is 13.8. The van der Waals surface area contributed by atoms with Crippen molar-refractivity contribution in [2.45, 2.75) is 26.1 Å². The molecule has 0 saturated carbocycles. The van der Waals surface area contributed by atoms with Crippen molar-refractivity contribution in [1.82, 2.24) is 14.7 Å². The van der Waals surface area contributed by atoms with Crippen molar-refractivity contribution in [3.8, 4) is 0 Å². The van der Waals surface area contributed by atoms with Crippen molar-refractivity contribution in [2.75, 3.05) is 18.4 Å². The van der Waals surface area contributed by atoms with Crippen LogP contribution >= 0.6 is 15.9 Å². The summed E-state index contributed by atoms with van der Waals surface area (Å²) >= 11 is 3.18. The van der Waals surface area contributed by atoms with E-state index in [9.17, 15) is 13.2 Å². The lowest BCUT2D eigenvalue weighted by molar-refractivity contribution is -0.146. The van der Waals surface area contributed by atoms with E-state index in [2.05, 4.69) is 21.0 Å². The van der Waals surface area contributed by atoms with Gasteiger partial charge in [-0.1, -0.05) is 22.9 Å². The lowest BCUT2D eigenvalue weighted by Gasteiger charge is -2.22. The molecular weight excluding hydrogens is 311 g/mol. The van der Waals surface area contributed by atoms with Crippen molar-refractivity contribution < 1.29 is 13.2 Å². The third kappa shape index (κ3) is 4.97. The topological polar surface area (TPSA) is 21.1 Å². The van der Waals surface area contributed by atoms with E-state index >= 15 is 0 Å². The van der Waals surface area contributed by atoms with Crippen LogP contribution in [0.25, 0.3) is 0 Å². The summed E-state index contributed by atoms with van der Waals surface area (Å²) in [7, 11) is 1.76. The molecule has 0 radical (unpaired) electrons. The van der Waals surface area contributed by atoms with Crippen molar-refractivity contribution in [3.63, 3.8) is 0 Å². The molecule has 3 nitrogen and oxygen atoms in total. The maximum Gasteiger partial charge on any atom is 0.401 e. The average molecular weight is 328 g/mol. The van der Waals surface area contributed by atoms with E-state index in [1.807, 2.05) is 13.0 Å². The molecule has 0 unspecified atom stereocenters. The second-order valence-corrected chi connectivity index (χ2v) is 4.91. The van der Waals surface area contributed by atoms with E-state index in [0.29, 0.717) is 11.9 Å². The summed E-state index contributed by atoms with van der Waals surface area (Å²) in [5.74, 6) is 0. The van der Waals surface area contributed by atoms with Crippen LogP contribution in [0.1, 0.15) is 18.3 Å². The molecular formula is C11H17BrF3N3. The lowest BCUT2D eigenvalue weighted by atomic mass is 10.3. The van der Waals surface area contributed by atoms with Gasteiger partial charge in [0.15, 0.2) is 0 Å². The van der Waals surface area contributed by atoms with Gasteiger partial charge in [-0.2, -0.15) is 18.3 Å². The normalized spacial score (nSPS) is 12.4. The summed E-state index contributed by atoms with van der Waals surface area (Å²) in [6, 6.07) is 1.86. The second kappa shape index (κ2) is 6.56. The number of hydrogen-bond acceptors (Lipinski definition) is 2. The van der Waals surface area contributed by atoms with Crippen molar-refractivity contribution in [1.29, 1.82) is 0 Å². The van der Waals surface area contributed by atoms with Gasteiger partial charge in [-0.15, -0.1) is 0 Å². The Labute approximate surface area is 113 Å². The number of rotatable bonds is 6. The third-order valence-corrected chi connectivity index (χ3v) is 2.93. The highest BCUT2D eigenvalue weighted by atomic mass is 79.9. The monoisotopic (exact) mass is 327 g/mol. The van der Waals surface area contributed by atoms with Gasteiger partial charge in [0.1, 0.15) is 0 Å². The number of hydrogen-bond donors (Lipinski definition) is 0. The van der Waals surface area contributed by atoms with Crippen molar-refractivity contribution >= 4 is 15.9 Å². The Balaban J connectivity index is 2.72. The van der Waals surface area contributed by atoms with Crippen LogP contribution in [0.3, 0.4) is 0 Å². The van der Waals surface area contributed by atoms with Crippen molar-refractivity contribution in [3.05, 3.63) is 17.5 Å². The van der Waals surface area contributed by atoms with Gasteiger partial charge in [0.2, 0.25) is 0 Å². The Bertz CT molecular complexity index is 376. The first-order valence-corrected chi connectivity index (χ1v) is 6.84. The minimum Gasteiger partial charge on any atom is -0.288 e. The molecule has 0 aliphatic rings. The van der Waals surface area contributed by atoms with E-state index in [1.54, 1.807) is 11.7 Å². The van der Waals surface area contributed by atoms with Gasteiger partial charge >= 0.3 is 6.18 Å². The number of alkyl halides is 4. The van der Waals surface area contributed by atoms with Crippen LogP contribution in [0.4, 0.5) is 13.2 Å². The van der Waals surface area contributed by atoms with E-state index in [4.69, 9.17) is 0 Å². The predicted molar refractivity (Wildman–Crippen MR) is 67.7 cm³/mol. The molecule has 1 aromatic heterocycles. The molecule has 0 atom stereocenters. The fraction of sp³-hybridized carbons (Fsp3) is 0.727. The Morgan fingerprint density at radius 1 is 1.44 bits per heavy atom. The number of aromatic nitrogens is 2. The van der Waals surface area contributed by atoms with Gasteiger partial charge in [0.05, 0.1) is 17.9 Å². The van der Waals surface area contributed by atoms with Gasteiger partial charge in [0, 0.05) is 25.5 Å². The van der Waals surface area contributed by atoms with Gasteiger partial charge < -0.3 is 0 Å². The van der Waals surface area contributed by atoms with Crippen LogP contribution in [0, 0.1) is 0 Å². The van der Waals surface area contributed by atoms with Gasteiger partial charge in [-0.25, -0.2) is 0 Å². The summed E-state index contributed by atoms with van der Waals surface area (Å²) in [6.07, 6.45) is -3.39. The number of aryl methyl sites for hydroxylation is 2. The standard InChI is InChI=1S/C11H17BrF3N3/c1-3-9-6-10(17(2)16-9)7-18(5-4-12)8-11(13,14)15/h6H,3-5,7-8H2,1-2H3. The van der Waals surface area contributed by atoms with Crippen LogP contribution in [-0.4, -0.2) is 39.3 Å². The van der Waals surface area contributed by atoms with E-state index in [1.165, 1.54) is 4.90 Å². The molecule has 0 amide bonds. The Morgan fingerprint density at radius 2 is 2.11 bits per heavy atom. The molecule has 0 spiro atoms. The Kier molecular flexibility index (Phi) is 5.65. The molecule has 1 aromatic rings. The molecule has 7 heteroatoms. The molecule has 0 aliphatic carbocycles. The molecule has 0 N–H and O–H groups in total. The molecule has 0 aliphatic heterocycles. The van der Waals surface area contributed by atoms with Crippen LogP contribution < -0.4 is 0 Å². The second-order valence-electron chi connectivity index (χ2n) is 4.12. The quantitative estimate of drug-likeness (QED) is 0.749. The molecule has 0 saturated heterocycles. The van der Waals surface area contributed by atoms with Crippen LogP contribution in [0.2, 0.25) is 0 Å². The van der Waals surface area contributed by atoms with Crippen LogP contribution in [0.5, 0.6) is 0 Å². The predicted octanol–water partition coefficient (Wildman–Crippen LogP) is 2.74. The number of nitrogens with zero attached hydrogens (tertiary/aromatic N) is 3. The minimum atomic E-state index is -4.17. The van der Waals surface area contributed by atoms with Gasteiger partial charge in [-0.05, 0) is 12.5 Å². The zero-order valence-corrected chi connectivity index (χ0v) is 12.1. The maximum absolute atomic E-state index is 12.4. The third-order valence-electron chi connectivity index (χ3n) is 2.58. The van der Waals surface area contributed by atoms with Gasteiger partial charge in [-0.3, -0.25) is 9.58 Å². The molecule has 1 heterocycles. The van der Waals surface area contributed by atoms with E-state index < -0.39 is 12.7 Å². The molecule has 0 fully saturated rings. The highest BCUT2D eigenvalue weighted by molar-refractivity contribution is 9.09. The fourth-order valence-electron chi connectivity index (χ4n) is 1.71. The summed E-state index contributed by atoms with van der Waals surface area (Å²) in [4.78, 5) is 1.37. The highest BCUT2D eigenvalue weighted by Crippen LogP contribution is 2.18. The molecule has 18 heavy (non-hydrogen) atoms. The SMILES string of the molecule is CCc1cc(CN(CCBr)CC(F)(F)F)n(C)n1. The van der Waals surface area contributed by atoms with E-state index in [0.717, 1.165) is 17.8 Å². The van der Waals surface area contributed by atoms with Crippen LogP contribution in [0.15, 0.2) is 6.07 Å². The maximum atomic E-state index is 12.4.